The molecule has 0 aliphatic heterocycles. The molecule has 2 rings (SSSR count). The number of thioether (sulfide) groups is 1. The fourth-order valence-electron chi connectivity index (χ4n) is 2.56. The van der Waals surface area contributed by atoms with Crippen LogP contribution in [0.1, 0.15) is 53.3 Å². The number of hydrogen-bond acceptors (Lipinski definition) is 5. The molecule has 2 amide bonds. The summed E-state index contributed by atoms with van der Waals surface area (Å²) in [4.78, 5) is 25.3. The zero-order chi connectivity index (χ0) is 20.9. The van der Waals surface area contributed by atoms with Gasteiger partial charge in [-0.05, 0) is 42.8 Å². The maximum atomic E-state index is 12.4. The predicted molar refractivity (Wildman–Crippen MR) is 114 cm³/mol. The molecule has 0 atom stereocenters. The van der Waals surface area contributed by atoms with Gasteiger partial charge < -0.3 is 4.74 Å². The number of carbonyl (C=O) groups excluding carboxylic acids is 2. The van der Waals surface area contributed by atoms with Crippen molar-refractivity contribution in [1.82, 2.24) is 10.9 Å². The standard InChI is InChI=1S/C22H25N3O3S/c1-2-3-4-7-15-28-18-12-10-17(11-13-18)21(26)24-25-22(27)19-8-5-6-9-20(19)29-16-14-23/h5-6,8-13H,2-4,7,15-16H2,1H3,(H,24,26)(H,25,27). The van der Waals surface area contributed by atoms with Gasteiger partial charge in [0.1, 0.15) is 5.75 Å². The molecule has 0 saturated carbocycles. The maximum absolute atomic E-state index is 12.4. The number of unbranched alkanes of at least 4 members (excludes halogenated alkanes) is 3. The minimum atomic E-state index is -0.438. The summed E-state index contributed by atoms with van der Waals surface area (Å²) in [5.41, 5.74) is 5.64. The molecule has 0 fully saturated rings. The highest BCUT2D eigenvalue weighted by Crippen LogP contribution is 2.22. The first-order valence-corrected chi connectivity index (χ1v) is 10.6. The van der Waals surface area contributed by atoms with Crippen LogP contribution >= 0.6 is 11.8 Å². The van der Waals surface area contributed by atoms with Crippen molar-refractivity contribution in [3.8, 4) is 11.8 Å². The van der Waals surface area contributed by atoms with E-state index < -0.39 is 11.8 Å². The Bertz CT molecular complexity index is 847. The first-order chi connectivity index (χ1) is 14.2. The number of nitrogens with one attached hydrogen (secondary N) is 2. The third-order valence-corrected chi connectivity index (χ3v) is 5.04. The number of rotatable bonds is 10. The molecule has 0 aliphatic carbocycles. The summed E-state index contributed by atoms with van der Waals surface area (Å²) in [5.74, 6) is 0.0934. The van der Waals surface area contributed by atoms with E-state index in [9.17, 15) is 9.59 Å². The number of nitriles is 1. The van der Waals surface area contributed by atoms with Crippen molar-refractivity contribution in [3.63, 3.8) is 0 Å². The van der Waals surface area contributed by atoms with Gasteiger partial charge in [0.2, 0.25) is 0 Å². The molecule has 152 valence electrons. The lowest BCUT2D eigenvalue weighted by molar-refractivity contribution is 0.0845. The average Bonchev–Trinajstić information content (AvgIpc) is 2.76. The van der Waals surface area contributed by atoms with Crippen LogP contribution in [0.15, 0.2) is 53.4 Å². The quantitative estimate of drug-likeness (QED) is 0.345. The Labute approximate surface area is 175 Å². The van der Waals surface area contributed by atoms with Crippen LogP contribution in [-0.4, -0.2) is 24.2 Å². The number of nitrogens with zero attached hydrogens (tertiary/aromatic N) is 1. The van der Waals surface area contributed by atoms with Crippen molar-refractivity contribution in [2.24, 2.45) is 0 Å². The molecule has 2 N–H and O–H groups in total. The van der Waals surface area contributed by atoms with Gasteiger partial charge in [-0.25, -0.2) is 0 Å². The van der Waals surface area contributed by atoms with E-state index in [0.29, 0.717) is 28.4 Å². The van der Waals surface area contributed by atoms with Crippen molar-refractivity contribution < 1.29 is 14.3 Å². The summed E-state index contributed by atoms with van der Waals surface area (Å²) in [5, 5.41) is 8.72. The number of carbonyl (C=O) groups is 2. The van der Waals surface area contributed by atoms with Crippen molar-refractivity contribution in [1.29, 1.82) is 5.26 Å². The number of hydrogen-bond donors (Lipinski definition) is 2. The number of ether oxygens (including phenoxy) is 1. The minimum Gasteiger partial charge on any atom is -0.494 e. The van der Waals surface area contributed by atoms with Gasteiger partial charge in [-0.1, -0.05) is 38.3 Å². The van der Waals surface area contributed by atoms with Crippen LogP contribution in [0.2, 0.25) is 0 Å². The highest BCUT2D eigenvalue weighted by atomic mass is 32.2. The molecule has 0 radical (unpaired) electrons. The Hall–Kier alpha value is -2.98. The van der Waals surface area contributed by atoms with Crippen LogP contribution in [0, 0.1) is 11.3 Å². The van der Waals surface area contributed by atoms with E-state index in [-0.39, 0.29) is 5.75 Å². The molecule has 0 saturated heterocycles. The SMILES string of the molecule is CCCCCCOc1ccc(C(=O)NNC(=O)c2ccccc2SCC#N)cc1. The number of hydrazine groups is 1. The molecule has 29 heavy (non-hydrogen) atoms. The second kappa shape index (κ2) is 12.5. The zero-order valence-corrected chi connectivity index (χ0v) is 17.3. The van der Waals surface area contributed by atoms with Crippen molar-refractivity contribution in [2.45, 2.75) is 37.5 Å². The first kappa shape index (κ1) is 22.3. The smallest absolute Gasteiger partial charge is 0.270 e. The van der Waals surface area contributed by atoms with Crippen LogP contribution in [0.3, 0.4) is 0 Å². The fraction of sp³-hybridized carbons (Fsp3) is 0.318. The Morgan fingerprint density at radius 2 is 1.72 bits per heavy atom. The van der Waals surface area contributed by atoms with E-state index >= 15 is 0 Å². The summed E-state index contributed by atoms with van der Waals surface area (Å²) in [6.45, 7) is 2.82. The van der Waals surface area contributed by atoms with Crippen LogP contribution < -0.4 is 15.6 Å². The third-order valence-electron chi connectivity index (χ3n) is 4.10. The van der Waals surface area contributed by atoms with Gasteiger partial charge in [0.25, 0.3) is 11.8 Å². The third kappa shape index (κ3) is 7.51. The highest BCUT2D eigenvalue weighted by molar-refractivity contribution is 7.99. The van der Waals surface area contributed by atoms with E-state index in [0.717, 1.165) is 12.8 Å². The van der Waals surface area contributed by atoms with Crippen LogP contribution in [0.25, 0.3) is 0 Å². The van der Waals surface area contributed by atoms with E-state index in [4.69, 9.17) is 10.00 Å². The second-order valence-electron chi connectivity index (χ2n) is 6.28. The maximum Gasteiger partial charge on any atom is 0.270 e. The van der Waals surface area contributed by atoms with Crippen LogP contribution in [-0.2, 0) is 0 Å². The number of amides is 2. The van der Waals surface area contributed by atoms with Gasteiger partial charge in [-0.3, -0.25) is 20.4 Å². The topological polar surface area (TPSA) is 91.2 Å². The molecule has 0 aromatic heterocycles. The first-order valence-electron chi connectivity index (χ1n) is 9.58. The molecule has 2 aromatic carbocycles. The second-order valence-corrected chi connectivity index (χ2v) is 7.30. The molecule has 0 unspecified atom stereocenters. The Balaban J connectivity index is 1.84. The van der Waals surface area contributed by atoms with Gasteiger partial charge in [0, 0.05) is 10.5 Å². The van der Waals surface area contributed by atoms with Crippen LogP contribution in [0.4, 0.5) is 0 Å². The Kier molecular flexibility index (Phi) is 9.60. The summed E-state index contributed by atoms with van der Waals surface area (Å²) in [6.07, 6.45) is 4.55. The lowest BCUT2D eigenvalue weighted by Crippen LogP contribution is -2.41. The molecule has 0 heterocycles. The van der Waals surface area contributed by atoms with E-state index in [2.05, 4.69) is 17.8 Å². The fourth-order valence-corrected chi connectivity index (χ4v) is 3.28. The van der Waals surface area contributed by atoms with Crippen molar-refractivity contribution in [2.75, 3.05) is 12.4 Å². The molecular weight excluding hydrogens is 386 g/mol. The molecule has 2 aromatic rings. The van der Waals surface area contributed by atoms with Gasteiger partial charge in [-0.2, -0.15) is 5.26 Å². The Morgan fingerprint density at radius 3 is 2.45 bits per heavy atom. The van der Waals surface area contributed by atoms with Gasteiger partial charge >= 0.3 is 0 Å². The molecule has 0 bridgehead atoms. The van der Waals surface area contributed by atoms with Gasteiger partial charge in [-0.15, -0.1) is 11.8 Å². The van der Waals surface area contributed by atoms with E-state index in [1.807, 2.05) is 6.07 Å². The minimum absolute atomic E-state index is 0.240. The summed E-state index contributed by atoms with van der Waals surface area (Å²) in [6, 6.07) is 15.8. The lowest BCUT2D eigenvalue weighted by atomic mass is 10.2. The van der Waals surface area contributed by atoms with E-state index in [1.54, 1.807) is 48.5 Å². The lowest BCUT2D eigenvalue weighted by Gasteiger charge is -2.11. The summed E-state index contributed by atoms with van der Waals surface area (Å²) >= 11 is 1.27. The molecule has 0 spiro atoms. The van der Waals surface area contributed by atoms with Crippen molar-refractivity contribution in [3.05, 3.63) is 59.7 Å². The van der Waals surface area contributed by atoms with Gasteiger partial charge in [0.15, 0.2) is 0 Å². The summed E-state index contributed by atoms with van der Waals surface area (Å²) < 4.78 is 5.66. The largest absolute Gasteiger partial charge is 0.494 e. The van der Waals surface area contributed by atoms with Crippen LogP contribution in [0.5, 0.6) is 5.75 Å². The predicted octanol–water partition coefficient (Wildman–Crippen LogP) is 4.34. The molecule has 0 aliphatic rings. The van der Waals surface area contributed by atoms with Crippen molar-refractivity contribution >= 4 is 23.6 Å². The monoisotopic (exact) mass is 411 g/mol. The number of benzene rings is 2. The Morgan fingerprint density at radius 1 is 1.00 bits per heavy atom. The highest BCUT2D eigenvalue weighted by Gasteiger charge is 2.13. The molecule has 7 heteroatoms. The normalized spacial score (nSPS) is 10.1. The molecular formula is C22H25N3O3S. The van der Waals surface area contributed by atoms with E-state index in [1.165, 1.54) is 24.6 Å². The average molecular weight is 412 g/mol. The zero-order valence-electron chi connectivity index (χ0n) is 16.4. The molecule has 6 nitrogen and oxygen atoms in total. The van der Waals surface area contributed by atoms with Gasteiger partial charge in [0.05, 0.1) is 24.0 Å². The summed E-state index contributed by atoms with van der Waals surface area (Å²) in [7, 11) is 0.